The number of thiazole rings is 1. The maximum atomic E-state index is 10.8. The van der Waals surface area contributed by atoms with Crippen LogP contribution in [0.25, 0.3) is 0 Å². The van der Waals surface area contributed by atoms with Crippen LogP contribution in [-0.2, 0) is 11.3 Å². The highest BCUT2D eigenvalue weighted by atomic mass is 35.5. The summed E-state index contributed by atoms with van der Waals surface area (Å²) in [6, 6.07) is 0. The summed E-state index contributed by atoms with van der Waals surface area (Å²) in [4.78, 5) is 15.5. The van der Waals surface area contributed by atoms with Gasteiger partial charge in [0.2, 0.25) is 5.01 Å². The Balaban J connectivity index is 0.00000121. The molecule has 0 aliphatic heterocycles. The third-order valence-electron chi connectivity index (χ3n) is 1.11. The summed E-state index contributed by atoms with van der Waals surface area (Å²) in [6.45, 7) is 0.411. The van der Waals surface area contributed by atoms with E-state index in [1.165, 1.54) is 18.4 Å². The Kier molecular flexibility index (Phi) is 4.80. The number of methoxy groups -OCH3 is 1. The number of nitrogens with two attached hydrogens (primary N) is 1. The van der Waals surface area contributed by atoms with E-state index in [1.807, 2.05) is 0 Å². The fraction of sp³-hybridized carbons (Fsp3) is 0.333. The fourth-order valence-electron chi connectivity index (χ4n) is 0.584. The van der Waals surface area contributed by atoms with Crippen molar-refractivity contribution in [2.75, 3.05) is 7.11 Å². The highest BCUT2D eigenvalue weighted by Gasteiger charge is 2.09. The van der Waals surface area contributed by atoms with Gasteiger partial charge in [0.05, 0.1) is 7.11 Å². The van der Waals surface area contributed by atoms with Gasteiger partial charge in [0.15, 0.2) is 0 Å². The lowest BCUT2D eigenvalue weighted by molar-refractivity contribution is 0.0600. The van der Waals surface area contributed by atoms with Gasteiger partial charge in [-0.05, 0) is 0 Å². The number of carbonyl (C=O) groups is 1. The smallest absolute Gasteiger partial charge is 0.367 e. The zero-order chi connectivity index (χ0) is 8.27. The van der Waals surface area contributed by atoms with Crippen molar-refractivity contribution in [2.24, 2.45) is 5.73 Å². The van der Waals surface area contributed by atoms with Crippen molar-refractivity contribution in [3.63, 3.8) is 0 Å². The molecule has 68 valence electrons. The highest BCUT2D eigenvalue weighted by molar-refractivity contribution is 7.13. The van der Waals surface area contributed by atoms with Gasteiger partial charge in [-0.1, -0.05) is 0 Å². The molecule has 0 fully saturated rings. The molecular weight excluding hydrogens is 200 g/mol. The second-order valence-electron chi connectivity index (χ2n) is 1.83. The van der Waals surface area contributed by atoms with Crippen molar-refractivity contribution in [3.05, 3.63) is 16.1 Å². The van der Waals surface area contributed by atoms with E-state index in [-0.39, 0.29) is 12.4 Å². The van der Waals surface area contributed by atoms with Crippen LogP contribution in [-0.4, -0.2) is 18.1 Å². The molecule has 1 aromatic heterocycles. The molecule has 4 nitrogen and oxygen atoms in total. The standard InChI is InChI=1S/C6H8N2O2S.ClH/c1-10-6(9)5-8-3-4(2-7)11-5;/h3H,2,7H2,1H3;1H. The average Bonchev–Trinajstić information content (AvgIpc) is 2.50. The quantitative estimate of drug-likeness (QED) is 0.731. The van der Waals surface area contributed by atoms with Crippen LogP contribution in [0.4, 0.5) is 0 Å². The predicted octanol–water partition coefficient (Wildman–Crippen LogP) is 0.810. The Morgan fingerprint density at radius 1 is 1.83 bits per heavy atom. The number of halogens is 1. The summed E-state index contributed by atoms with van der Waals surface area (Å²) >= 11 is 1.25. The maximum absolute atomic E-state index is 10.8. The van der Waals surface area contributed by atoms with Gasteiger partial charge < -0.3 is 10.5 Å². The summed E-state index contributed by atoms with van der Waals surface area (Å²) in [6.07, 6.45) is 1.58. The van der Waals surface area contributed by atoms with Crippen LogP contribution >= 0.6 is 23.7 Å². The molecule has 0 aliphatic carbocycles. The van der Waals surface area contributed by atoms with Crippen LogP contribution in [0.5, 0.6) is 0 Å². The van der Waals surface area contributed by atoms with E-state index in [2.05, 4.69) is 9.72 Å². The molecule has 1 heterocycles. The molecule has 6 heteroatoms. The number of hydrogen-bond donors (Lipinski definition) is 1. The number of esters is 1. The SMILES string of the molecule is COC(=O)c1ncc(CN)s1.Cl. The van der Waals surface area contributed by atoms with Crippen molar-refractivity contribution >= 4 is 29.7 Å². The summed E-state index contributed by atoms with van der Waals surface area (Å²) in [5.74, 6) is -0.408. The third kappa shape index (κ3) is 2.44. The normalized spacial score (nSPS) is 8.83. The summed E-state index contributed by atoms with van der Waals surface area (Å²) in [5.41, 5.74) is 5.32. The second kappa shape index (κ2) is 5.08. The van der Waals surface area contributed by atoms with E-state index in [0.29, 0.717) is 11.6 Å². The zero-order valence-corrected chi connectivity index (χ0v) is 8.08. The minimum absolute atomic E-state index is 0. The molecule has 0 saturated carbocycles. The lowest BCUT2D eigenvalue weighted by Gasteiger charge is -1.89. The first-order chi connectivity index (χ1) is 5.27. The summed E-state index contributed by atoms with van der Waals surface area (Å²) in [5, 5.41) is 0.355. The molecular formula is C6H9ClN2O2S. The lowest BCUT2D eigenvalue weighted by atomic mass is 10.6. The van der Waals surface area contributed by atoms with Gasteiger partial charge in [0.25, 0.3) is 0 Å². The third-order valence-corrected chi connectivity index (χ3v) is 2.11. The van der Waals surface area contributed by atoms with Gasteiger partial charge in [0, 0.05) is 17.6 Å². The van der Waals surface area contributed by atoms with Gasteiger partial charge in [-0.25, -0.2) is 9.78 Å². The van der Waals surface area contributed by atoms with Crippen molar-refractivity contribution in [2.45, 2.75) is 6.54 Å². The van der Waals surface area contributed by atoms with Gasteiger partial charge in [-0.3, -0.25) is 0 Å². The Hall–Kier alpha value is -0.650. The molecule has 0 spiro atoms. The number of ether oxygens (including phenoxy) is 1. The minimum atomic E-state index is -0.408. The first kappa shape index (κ1) is 11.4. The fourth-order valence-corrected chi connectivity index (χ4v) is 1.29. The molecule has 0 unspecified atom stereocenters. The van der Waals surface area contributed by atoms with Crippen LogP contribution in [0.15, 0.2) is 6.20 Å². The summed E-state index contributed by atoms with van der Waals surface area (Å²) < 4.78 is 4.46. The number of aromatic nitrogens is 1. The minimum Gasteiger partial charge on any atom is -0.464 e. The van der Waals surface area contributed by atoms with Crippen molar-refractivity contribution in [1.29, 1.82) is 0 Å². The van der Waals surface area contributed by atoms with Crippen LogP contribution in [0.2, 0.25) is 0 Å². The van der Waals surface area contributed by atoms with Crippen LogP contribution in [0.3, 0.4) is 0 Å². The molecule has 12 heavy (non-hydrogen) atoms. The number of rotatable bonds is 2. The molecule has 1 aromatic rings. The number of hydrogen-bond acceptors (Lipinski definition) is 5. The van der Waals surface area contributed by atoms with E-state index in [4.69, 9.17) is 5.73 Å². The monoisotopic (exact) mass is 208 g/mol. The molecule has 0 atom stereocenters. The molecule has 0 aliphatic rings. The Bertz CT molecular complexity index is 264. The Morgan fingerprint density at radius 3 is 2.92 bits per heavy atom. The molecule has 1 rings (SSSR count). The molecule has 0 bridgehead atoms. The molecule has 0 radical (unpaired) electrons. The van der Waals surface area contributed by atoms with Gasteiger partial charge in [-0.2, -0.15) is 0 Å². The van der Waals surface area contributed by atoms with E-state index in [1.54, 1.807) is 6.20 Å². The van der Waals surface area contributed by atoms with Crippen LogP contribution in [0.1, 0.15) is 14.7 Å². The lowest BCUT2D eigenvalue weighted by Crippen LogP contribution is -1.99. The van der Waals surface area contributed by atoms with Gasteiger partial charge in [0.1, 0.15) is 0 Å². The Morgan fingerprint density at radius 2 is 2.50 bits per heavy atom. The summed E-state index contributed by atoms with van der Waals surface area (Å²) in [7, 11) is 1.33. The molecule has 0 amide bonds. The van der Waals surface area contributed by atoms with E-state index < -0.39 is 5.97 Å². The van der Waals surface area contributed by atoms with Gasteiger partial charge >= 0.3 is 5.97 Å². The van der Waals surface area contributed by atoms with E-state index >= 15 is 0 Å². The second-order valence-corrected chi connectivity index (χ2v) is 2.94. The van der Waals surface area contributed by atoms with E-state index in [9.17, 15) is 4.79 Å². The zero-order valence-electron chi connectivity index (χ0n) is 6.44. The topological polar surface area (TPSA) is 65.2 Å². The van der Waals surface area contributed by atoms with Crippen molar-refractivity contribution in [3.8, 4) is 0 Å². The number of nitrogens with zero attached hydrogens (tertiary/aromatic N) is 1. The maximum Gasteiger partial charge on any atom is 0.367 e. The van der Waals surface area contributed by atoms with Crippen LogP contribution < -0.4 is 5.73 Å². The molecule has 0 saturated heterocycles. The Labute approximate surface area is 80.2 Å². The predicted molar refractivity (Wildman–Crippen MR) is 48.6 cm³/mol. The highest BCUT2D eigenvalue weighted by Crippen LogP contribution is 2.12. The number of carbonyl (C=O) groups excluding carboxylic acids is 1. The first-order valence-electron chi connectivity index (χ1n) is 3.01. The van der Waals surface area contributed by atoms with E-state index in [0.717, 1.165) is 4.88 Å². The molecule has 2 N–H and O–H groups in total. The van der Waals surface area contributed by atoms with Crippen molar-refractivity contribution < 1.29 is 9.53 Å². The van der Waals surface area contributed by atoms with Crippen molar-refractivity contribution in [1.82, 2.24) is 4.98 Å². The average molecular weight is 209 g/mol. The van der Waals surface area contributed by atoms with Gasteiger partial charge in [-0.15, -0.1) is 23.7 Å². The largest absolute Gasteiger partial charge is 0.464 e. The van der Waals surface area contributed by atoms with Crippen LogP contribution in [0, 0.1) is 0 Å². The molecule has 0 aromatic carbocycles. The first-order valence-corrected chi connectivity index (χ1v) is 3.82.